The molecule has 5 heteroatoms. The van der Waals surface area contributed by atoms with Gasteiger partial charge in [0.2, 0.25) is 0 Å². The van der Waals surface area contributed by atoms with Gasteiger partial charge in [0, 0.05) is 31.9 Å². The van der Waals surface area contributed by atoms with Gasteiger partial charge in [-0.15, -0.1) is 0 Å². The van der Waals surface area contributed by atoms with Crippen LogP contribution in [0.25, 0.3) is 0 Å². The first-order valence-corrected chi connectivity index (χ1v) is 5.07. The van der Waals surface area contributed by atoms with Gasteiger partial charge in [0.1, 0.15) is 0 Å². The highest BCUT2D eigenvalue weighted by atomic mass is 35.5. The third-order valence-corrected chi connectivity index (χ3v) is 3.02. The van der Waals surface area contributed by atoms with E-state index in [1.807, 2.05) is 0 Å². The van der Waals surface area contributed by atoms with Crippen LogP contribution < -0.4 is 5.32 Å². The zero-order valence-corrected chi connectivity index (χ0v) is 8.94. The first-order valence-electron chi connectivity index (χ1n) is 4.32. The SMILES string of the molecule is OC1(Cc2c(Cl)cncc2Cl)CNC1. The van der Waals surface area contributed by atoms with Crippen molar-refractivity contribution in [2.75, 3.05) is 13.1 Å². The Morgan fingerprint density at radius 3 is 2.36 bits per heavy atom. The molecule has 0 saturated carbocycles. The van der Waals surface area contributed by atoms with E-state index in [1.54, 1.807) is 0 Å². The molecule has 2 N–H and O–H groups in total. The number of hydrogen-bond donors (Lipinski definition) is 2. The minimum atomic E-state index is -0.700. The van der Waals surface area contributed by atoms with E-state index in [0.717, 1.165) is 5.56 Å². The van der Waals surface area contributed by atoms with Crippen LogP contribution in [0.15, 0.2) is 12.4 Å². The molecule has 14 heavy (non-hydrogen) atoms. The standard InChI is InChI=1S/C9H10Cl2N2O/c10-7-2-12-3-8(11)6(7)1-9(14)4-13-5-9/h2-3,13-14H,1,4-5H2. The van der Waals surface area contributed by atoms with Crippen molar-refractivity contribution in [3.63, 3.8) is 0 Å². The molecule has 0 atom stereocenters. The van der Waals surface area contributed by atoms with Crippen LogP contribution in [0.2, 0.25) is 10.0 Å². The Morgan fingerprint density at radius 1 is 1.36 bits per heavy atom. The molecule has 1 saturated heterocycles. The van der Waals surface area contributed by atoms with Crippen LogP contribution in [0.4, 0.5) is 0 Å². The summed E-state index contributed by atoms with van der Waals surface area (Å²) in [5.74, 6) is 0. The van der Waals surface area contributed by atoms with Gasteiger partial charge in [-0.3, -0.25) is 4.98 Å². The van der Waals surface area contributed by atoms with Crippen molar-refractivity contribution in [3.05, 3.63) is 28.0 Å². The van der Waals surface area contributed by atoms with Gasteiger partial charge in [-0.05, 0) is 5.56 Å². The fourth-order valence-corrected chi connectivity index (χ4v) is 1.97. The van der Waals surface area contributed by atoms with E-state index in [-0.39, 0.29) is 0 Å². The van der Waals surface area contributed by atoms with Gasteiger partial charge in [-0.1, -0.05) is 23.2 Å². The van der Waals surface area contributed by atoms with Crippen molar-refractivity contribution in [3.8, 4) is 0 Å². The summed E-state index contributed by atoms with van der Waals surface area (Å²) < 4.78 is 0. The van der Waals surface area contributed by atoms with Crippen molar-refractivity contribution in [2.45, 2.75) is 12.0 Å². The first-order chi connectivity index (χ1) is 6.61. The number of aliphatic hydroxyl groups is 1. The van der Waals surface area contributed by atoms with Crippen LogP contribution in [0, 0.1) is 0 Å². The summed E-state index contributed by atoms with van der Waals surface area (Å²) >= 11 is 11.9. The number of aromatic nitrogens is 1. The molecule has 0 amide bonds. The van der Waals surface area contributed by atoms with Crippen LogP contribution >= 0.6 is 23.2 Å². The predicted octanol–water partition coefficient (Wildman–Crippen LogP) is 1.27. The Kier molecular flexibility index (Phi) is 2.66. The highest BCUT2D eigenvalue weighted by Crippen LogP contribution is 2.28. The Morgan fingerprint density at radius 2 is 1.93 bits per heavy atom. The lowest BCUT2D eigenvalue weighted by Crippen LogP contribution is -2.60. The molecule has 1 aliphatic rings. The molecule has 2 rings (SSSR count). The maximum Gasteiger partial charge on any atom is 0.0936 e. The molecule has 0 spiro atoms. The van der Waals surface area contributed by atoms with Gasteiger partial charge in [-0.25, -0.2) is 0 Å². The Labute approximate surface area is 92.1 Å². The number of halogens is 2. The van der Waals surface area contributed by atoms with E-state index < -0.39 is 5.60 Å². The van der Waals surface area contributed by atoms with Gasteiger partial charge in [-0.2, -0.15) is 0 Å². The topological polar surface area (TPSA) is 45.2 Å². The summed E-state index contributed by atoms with van der Waals surface area (Å²) in [7, 11) is 0. The predicted molar refractivity (Wildman–Crippen MR) is 55.8 cm³/mol. The largest absolute Gasteiger partial charge is 0.387 e. The second-order valence-corrected chi connectivity index (χ2v) is 4.40. The zero-order valence-electron chi connectivity index (χ0n) is 7.43. The van der Waals surface area contributed by atoms with Crippen molar-refractivity contribution in [1.82, 2.24) is 10.3 Å². The number of pyridine rings is 1. The lowest BCUT2D eigenvalue weighted by Gasteiger charge is -2.38. The van der Waals surface area contributed by atoms with Crippen LogP contribution in [0.3, 0.4) is 0 Å². The number of nitrogens with zero attached hydrogens (tertiary/aromatic N) is 1. The van der Waals surface area contributed by atoms with Crippen molar-refractivity contribution in [2.24, 2.45) is 0 Å². The number of rotatable bonds is 2. The number of nitrogens with one attached hydrogen (secondary N) is 1. The second kappa shape index (κ2) is 3.66. The van der Waals surface area contributed by atoms with Crippen LogP contribution in [-0.2, 0) is 6.42 Å². The van der Waals surface area contributed by atoms with E-state index in [9.17, 15) is 5.11 Å². The van der Waals surface area contributed by atoms with Crippen LogP contribution in [-0.4, -0.2) is 28.8 Å². The summed E-state index contributed by atoms with van der Waals surface area (Å²) in [4.78, 5) is 3.86. The van der Waals surface area contributed by atoms with Gasteiger partial charge < -0.3 is 10.4 Å². The van der Waals surface area contributed by atoms with Crippen molar-refractivity contribution < 1.29 is 5.11 Å². The first kappa shape index (κ1) is 10.2. The highest BCUT2D eigenvalue weighted by Gasteiger charge is 2.35. The Balaban J connectivity index is 2.23. The average molecular weight is 233 g/mol. The van der Waals surface area contributed by atoms with E-state index in [0.29, 0.717) is 29.6 Å². The maximum atomic E-state index is 9.91. The molecule has 0 unspecified atom stereocenters. The average Bonchev–Trinajstić information content (AvgIpc) is 2.09. The highest BCUT2D eigenvalue weighted by molar-refractivity contribution is 6.35. The summed E-state index contributed by atoms with van der Waals surface area (Å²) in [6, 6.07) is 0. The molecule has 1 aromatic heterocycles. The molecular weight excluding hydrogens is 223 g/mol. The Hall–Kier alpha value is -0.350. The molecule has 0 aromatic carbocycles. The molecule has 1 aliphatic heterocycles. The van der Waals surface area contributed by atoms with Gasteiger partial charge in [0.25, 0.3) is 0 Å². The molecule has 2 heterocycles. The molecule has 0 aliphatic carbocycles. The third-order valence-electron chi connectivity index (χ3n) is 2.37. The lowest BCUT2D eigenvalue weighted by atomic mass is 9.89. The lowest BCUT2D eigenvalue weighted by molar-refractivity contribution is -0.00900. The monoisotopic (exact) mass is 232 g/mol. The Bertz CT molecular complexity index is 332. The number of β-amino-alcohol motifs (C(OH)–C–C–N with tert-alkyl or cyclic N) is 1. The van der Waals surface area contributed by atoms with Crippen LogP contribution in [0.1, 0.15) is 5.56 Å². The van der Waals surface area contributed by atoms with Crippen molar-refractivity contribution >= 4 is 23.2 Å². The maximum absolute atomic E-state index is 9.91. The van der Waals surface area contributed by atoms with E-state index in [1.165, 1.54) is 12.4 Å². The molecule has 0 radical (unpaired) electrons. The summed E-state index contributed by atoms with van der Waals surface area (Å²) in [6.07, 6.45) is 3.55. The van der Waals surface area contributed by atoms with Crippen molar-refractivity contribution in [1.29, 1.82) is 0 Å². The molecule has 0 bridgehead atoms. The zero-order chi connectivity index (χ0) is 10.2. The normalized spacial score (nSPS) is 19.1. The van der Waals surface area contributed by atoms with E-state index in [2.05, 4.69) is 10.3 Å². The van der Waals surface area contributed by atoms with Gasteiger partial charge >= 0.3 is 0 Å². The van der Waals surface area contributed by atoms with Gasteiger partial charge in [0.05, 0.1) is 15.6 Å². The van der Waals surface area contributed by atoms with Crippen LogP contribution in [0.5, 0.6) is 0 Å². The molecule has 1 aromatic rings. The van der Waals surface area contributed by atoms with E-state index >= 15 is 0 Å². The summed E-state index contributed by atoms with van der Waals surface area (Å²) in [5.41, 5.74) is 0.0709. The fourth-order valence-electron chi connectivity index (χ4n) is 1.47. The molecular formula is C9H10Cl2N2O. The van der Waals surface area contributed by atoms with Gasteiger partial charge in [0.15, 0.2) is 0 Å². The fraction of sp³-hybridized carbons (Fsp3) is 0.444. The second-order valence-electron chi connectivity index (χ2n) is 3.59. The van der Waals surface area contributed by atoms with E-state index in [4.69, 9.17) is 23.2 Å². The third kappa shape index (κ3) is 1.86. The minimum absolute atomic E-state index is 0.472. The molecule has 1 fully saturated rings. The summed E-state index contributed by atoms with van der Waals surface area (Å²) in [6.45, 7) is 1.17. The smallest absolute Gasteiger partial charge is 0.0936 e. The molecule has 3 nitrogen and oxygen atoms in total. The number of hydrogen-bond acceptors (Lipinski definition) is 3. The molecule has 76 valence electrons. The summed E-state index contributed by atoms with van der Waals surface area (Å²) in [5, 5.41) is 13.9. The quantitative estimate of drug-likeness (QED) is 0.808. The minimum Gasteiger partial charge on any atom is -0.387 e.